The molecule has 5 nitrogen and oxygen atoms in total. The van der Waals surface area contributed by atoms with Gasteiger partial charge < -0.3 is 10.1 Å². The SMILES string of the molecule is CNCCN(C)Cc1nn2c(c1[C@H]1CC[C@@]3(CC1)CC(C)(C)CO3)CCC2. The summed E-state index contributed by atoms with van der Waals surface area (Å²) in [6.45, 7) is 9.82. The molecule has 3 heterocycles. The summed E-state index contributed by atoms with van der Waals surface area (Å²) in [6, 6.07) is 0. The Morgan fingerprint density at radius 2 is 2.07 bits per heavy atom. The molecule has 1 saturated carbocycles. The first-order valence-corrected chi connectivity index (χ1v) is 11.0. The van der Waals surface area contributed by atoms with E-state index in [1.165, 1.54) is 50.6 Å². The first-order valence-electron chi connectivity index (χ1n) is 11.0. The Bertz CT molecular complexity index is 658. The lowest BCUT2D eigenvalue weighted by Crippen LogP contribution is -2.34. The van der Waals surface area contributed by atoms with Gasteiger partial charge in [0.15, 0.2) is 0 Å². The van der Waals surface area contributed by atoms with Gasteiger partial charge in [0.1, 0.15) is 0 Å². The number of rotatable bonds is 6. The van der Waals surface area contributed by atoms with Gasteiger partial charge in [-0.15, -0.1) is 0 Å². The summed E-state index contributed by atoms with van der Waals surface area (Å²) in [5.41, 5.74) is 5.01. The monoisotopic (exact) mass is 374 g/mol. The highest BCUT2D eigenvalue weighted by molar-refractivity contribution is 5.33. The Morgan fingerprint density at radius 3 is 2.74 bits per heavy atom. The van der Waals surface area contributed by atoms with Crippen molar-refractivity contribution in [2.75, 3.05) is 33.8 Å². The summed E-state index contributed by atoms with van der Waals surface area (Å²) in [7, 11) is 4.24. The maximum atomic E-state index is 6.36. The minimum atomic E-state index is 0.167. The molecule has 1 N–H and O–H groups in total. The van der Waals surface area contributed by atoms with E-state index in [4.69, 9.17) is 9.84 Å². The van der Waals surface area contributed by atoms with Gasteiger partial charge in [0, 0.05) is 37.4 Å². The third kappa shape index (κ3) is 3.96. The average Bonchev–Trinajstić information content (AvgIpc) is 3.28. The van der Waals surface area contributed by atoms with Gasteiger partial charge in [0.05, 0.1) is 17.9 Å². The molecule has 152 valence electrons. The van der Waals surface area contributed by atoms with Crippen molar-refractivity contribution in [1.29, 1.82) is 0 Å². The average molecular weight is 375 g/mol. The van der Waals surface area contributed by atoms with E-state index in [2.05, 4.69) is 35.8 Å². The van der Waals surface area contributed by atoms with Crippen LogP contribution in [0.5, 0.6) is 0 Å². The maximum Gasteiger partial charge on any atom is 0.0802 e. The van der Waals surface area contributed by atoms with E-state index in [9.17, 15) is 0 Å². The third-order valence-corrected chi connectivity index (χ3v) is 7.00. The van der Waals surface area contributed by atoms with Crippen molar-refractivity contribution in [3.63, 3.8) is 0 Å². The van der Waals surface area contributed by atoms with E-state index in [-0.39, 0.29) is 5.60 Å². The molecular formula is C22H38N4O. The van der Waals surface area contributed by atoms with Crippen LogP contribution in [0.1, 0.15) is 75.2 Å². The number of fused-ring (bicyclic) bond motifs is 1. The van der Waals surface area contributed by atoms with Crippen molar-refractivity contribution in [2.24, 2.45) is 5.41 Å². The molecule has 5 heteroatoms. The minimum Gasteiger partial charge on any atom is -0.374 e. The molecule has 1 aromatic heterocycles. The van der Waals surface area contributed by atoms with Gasteiger partial charge in [-0.05, 0) is 70.4 Å². The van der Waals surface area contributed by atoms with Crippen LogP contribution in [0.3, 0.4) is 0 Å². The molecule has 0 aromatic carbocycles. The molecule has 27 heavy (non-hydrogen) atoms. The van der Waals surface area contributed by atoms with Crippen LogP contribution < -0.4 is 5.32 Å². The topological polar surface area (TPSA) is 42.3 Å². The molecule has 3 aliphatic rings. The number of aryl methyl sites for hydroxylation is 1. The van der Waals surface area contributed by atoms with Crippen molar-refractivity contribution in [3.05, 3.63) is 17.0 Å². The lowest BCUT2D eigenvalue weighted by Gasteiger charge is -2.37. The molecule has 2 fully saturated rings. The van der Waals surface area contributed by atoms with Gasteiger partial charge in [-0.3, -0.25) is 9.58 Å². The molecule has 1 saturated heterocycles. The van der Waals surface area contributed by atoms with Crippen LogP contribution in [0.4, 0.5) is 0 Å². The zero-order chi connectivity index (χ0) is 19.1. The molecule has 0 radical (unpaired) electrons. The summed E-state index contributed by atoms with van der Waals surface area (Å²) in [5.74, 6) is 0.678. The van der Waals surface area contributed by atoms with Gasteiger partial charge in [-0.1, -0.05) is 13.8 Å². The summed E-state index contributed by atoms with van der Waals surface area (Å²) >= 11 is 0. The van der Waals surface area contributed by atoms with E-state index >= 15 is 0 Å². The third-order valence-electron chi connectivity index (χ3n) is 7.00. The van der Waals surface area contributed by atoms with Crippen molar-refractivity contribution in [1.82, 2.24) is 20.0 Å². The lowest BCUT2D eigenvalue weighted by molar-refractivity contribution is -0.0294. The van der Waals surface area contributed by atoms with Crippen LogP contribution in [-0.2, 0) is 24.2 Å². The molecule has 0 atom stereocenters. The summed E-state index contributed by atoms with van der Waals surface area (Å²) in [5, 5.41) is 8.30. The van der Waals surface area contributed by atoms with Crippen LogP contribution >= 0.6 is 0 Å². The lowest BCUT2D eigenvalue weighted by atomic mass is 9.71. The number of aromatic nitrogens is 2. The van der Waals surface area contributed by atoms with Crippen LogP contribution in [0.2, 0.25) is 0 Å². The predicted molar refractivity (Wildman–Crippen MR) is 109 cm³/mol. The molecule has 1 spiro atoms. The van der Waals surface area contributed by atoms with E-state index in [1.807, 2.05) is 7.05 Å². The highest BCUT2D eigenvalue weighted by Gasteiger charge is 2.47. The van der Waals surface area contributed by atoms with Gasteiger partial charge in [0.2, 0.25) is 0 Å². The molecule has 0 unspecified atom stereocenters. The quantitative estimate of drug-likeness (QED) is 0.829. The minimum absolute atomic E-state index is 0.167. The van der Waals surface area contributed by atoms with E-state index in [1.54, 1.807) is 11.3 Å². The first-order chi connectivity index (χ1) is 12.9. The molecule has 1 aliphatic carbocycles. The summed E-state index contributed by atoms with van der Waals surface area (Å²) < 4.78 is 8.67. The second-order valence-electron chi connectivity index (χ2n) is 10.1. The zero-order valence-corrected chi connectivity index (χ0v) is 17.8. The number of hydrogen-bond donors (Lipinski definition) is 1. The van der Waals surface area contributed by atoms with Crippen molar-refractivity contribution >= 4 is 0 Å². The van der Waals surface area contributed by atoms with E-state index in [0.717, 1.165) is 32.8 Å². The molecule has 1 aromatic rings. The Kier molecular flexibility index (Phi) is 5.38. The normalized spacial score (nSPS) is 29.7. The number of nitrogens with zero attached hydrogens (tertiary/aromatic N) is 3. The Labute approximate surface area is 164 Å². The van der Waals surface area contributed by atoms with E-state index in [0.29, 0.717) is 11.3 Å². The second-order valence-corrected chi connectivity index (χ2v) is 10.1. The van der Waals surface area contributed by atoms with Crippen molar-refractivity contribution in [3.8, 4) is 0 Å². The number of ether oxygens (including phenoxy) is 1. The fraction of sp³-hybridized carbons (Fsp3) is 0.864. The predicted octanol–water partition coefficient (Wildman–Crippen LogP) is 3.32. The molecule has 0 amide bonds. The molecule has 2 aliphatic heterocycles. The van der Waals surface area contributed by atoms with Gasteiger partial charge in [0.25, 0.3) is 0 Å². The Hall–Kier alpha value is -0.910. The van der Waals surface area contributed by atoms with Gasteiger partial charge >= 0.3 is 0 Å². The fourth-order valence-electron chi connectivity index (χ4n) is 5.71. The summed E-state index contributed by atoms with van der Waals surface area (Å²) in [4.78, 5) is 2.41. The maximum absolute atomic E-state index is 6.36. The molecule has 4 rings (SSSR count). The van der Waals surface area contributed by atoms with Crippen LogP contribution in [0.15, 0.2) is 0 Å². The smallest absolute Gasteiger partial charge is 0.0802 e. The second kappa shape index (κ2) is 7.49. The highest BCUT2D eigenvalue weighted by atomic mass is 16.5. The van der Waals surface area contributed by atoms with Gasteiger partial charge in [-0.25, -0.2) is 0 Å². The van der Waals surface area contributed by atoms with Gasteiger partial charge in [-0.2, -0.15) is 5.10 Å². The highest BCUT2D eigenvalue weighted by Crippen LogP contribution is 2.50. The summed E-state index contributed by atoms with van der Waals surface area (Å²) in [6.07, 6.45) is 8.69. The molecule has 0 bridgehead atoms. The Balaban J connectivity index is 1.49. The zero-order valence-electron chi connectivity index (χ0n) is 17.8. The van der Waals surface area contributed by atoms with Crippen LogP contribution in [-0.4, -0.2) is 54.1 Å². The Morgan fingerprint density at radius 1 is 1.30 bits per heavy atom. The largest absolute Gasteiger partial charge is 0.374 e. The number of likely N-dealkylation sites (N-methyl/N-ethyl adjacent to an activating group) is 2. The van der Waals surface area contributed by atoms with Crippen molar-refractivity contribution in [2.45, 2.75) is 83.4 Å². The van der Waals surface area contributed by atoms with Crippen LogP contribution in [0, 0.1) is 5.41 Å². The van der Waals surface area contributed by atoms with E-state index < -0.39 is 0 Å². The number of nitrogens with one attached hydrogen (secondary N) is 1. The van der Waals surface area contributed by atoms with Crippen molar-refractivity contribution < 1.29 is 4.74 Å². The first kappa shape index (κ1) is 19.4. The number of hydrogen-bond acceptors (Lipinski definition) is 4. The molecular weight excluding hydrogens is 336 g/mol. The standard InChI is InChI=1S/C22H38N4O/c1-21(2)15-22(27-16-21)9-7-17(8-10-22)20-18(14-25(4)13-11-23-3)24-26-12-5-6-19(20)26/h17,23H,5-16H2,1-4H3/t17-,22+. The fourth-order valence-corrected chi connectivity index (χ4v) is 5.71. The van der Waals surface area contributed by atoms with Crippen LogP contribution in [0.25, 0.3) is 0 Å².